The summed E-state index contributed by atoms with van der Waals surface area (Å²) in [6, 6.07) is 0. The van der Waals surface area contributed by atoms with Gasteiger partial charge in [0.25, 0.3) is 0 Å². The fraction of sp³-hybridized carbons (Fsp3) is 1.00. The molecule has 0 bridgehead atoms. The van der Waals surface area contributed by atoms with E-state index in [0.29, 0.717) is 5.92 Å². The van der Waals surface area contributed by atoms with Crippen LogP contribution in [0.3, 0.4) is 0 Å². The van der Waals surface area contributed by atoms with Crippen molar-refractivity contribution in [3.05, 3.63) is 0 Å². The highest BCUT2D eigenvalue weighted by molar-refractivity contribution is 4.92. The fourth-order valence-corrected chi connectivity index (χ4v) is 3.93. The molecule has 29 heavy (non-hydrogen) atoms. The van der Waals surface area contributed by atoms with Crippen LogP contribution in [0.4, 0.5) is 0 Å². The van der Waals surface area contributed by atoms with Crippen LogP contribution in [0.1, 0.15) is 133 Å². The van der Waals surface area contributed by atoms with Gasteiger partial charge in [-0.2, -0.15) is 9.78 Å². The highest BCUT2D eigenvalue weighted by Gasteiger charge is 2.55. The maximum absolute atomic E-state index is 6.31. The van der Waals surface area contributed by atoms with Gasteiger partial charge in [-0.15, -0.1) is 0 Å². The molecule has 0 aromatic heterocycles. The maximum Gasteiger partial charge on any atom is 0.239 e. The minimum Gasteiger partial charge on any atom is -0.227 e. The van der Waals surface area contributed by atoms with Crippen molar-refractivity contribution in [2.45, 2.75) is 150 Å². The zero-order valence-corrected chi connectivity index (χ0v) is 21.0. The molecule has 1 fully saturated rings. The van der Waals surface area contributed by atoms with Crippen molar-refractivity contribution in [3.63, 3.8) is 0 Å². The van der Waals surface area contributed by atoms with Crippen molar-refractivity contribution < 1.29 is 19.6 Å². The van der Waals surface area contributed by atoms with E-state index in [1.165, 1.54) is 6.42 Å². The monoisotopic (exact) mass is 414 g/mol. The van der Waals surface area contributed by atoms with Gasteiger partial charge < -0.3 is 0 Å². The van der Waals surface area contributed by atoms with E-state index in [1.807, 2.05) is 0 Å². The van der Waals surface area contributed by atoms with E-state index < -0.39 is 5.79 Å². The molecule has 4 heteroatoms. The van der Waals surface area contributed by atoms with Crippen LogP contribution in [-0.4, -0.2) is 17.0 Å². The Morgan fingerprint density at radius 2 is 1.28 bits per heavy atom. The van der Waals surface area contributed by atoms with Crippen LogP contribution in [-0.2, 0) is 19.6 Å². The molecule has 3 atom stereocenters. The van der Waals surface area contributed by atoms with Gasteiger partial charge in [-0.1, -0.05) is 74.1 Å². The summed E-state index contributed by atoms with van der Waals surface area (Å²) in [5.74, 6) is -0.391. The first-order valence-electron chi connectivity index (χ1n) is 12.2. The van der Waals surface area contributed by atoms with Crippen molar-refractivity contribution in [2.75, 3.05) is 0 Å². The Morgan fingerprint density at radius 3 is 1.66 bits per heavy atom. The fourth-order valence-electron chi connectivity index (χ4n) is 3.93. The lowest BCUT2D eigenvalue weighted by Gasteiger charge is -2.50. The molecule has 0 amide bonds. The van der Waals surface area contributed by atoms with Gasteiger partial charge in [0.1, 0.15) is 11.2 Å². The Bertz CT molecular complexity index is 438. The van der Waals surface area contributed by atoms with Crippen LogP contribution in [0.5, 0.6) is 0 Å². The Hall–Kier alpha value is -0.160. The number of unbranched alkanes of at least 4 members (excludes halogenated alkanes) is 2. The largest absolute Gasteiger partial charge is 0.239 e. The second-order valence-electron chi connectivity index (χ2n) is 10.6. The van der Waals surface area contributed by atoms with Gasteiger partial charge >= 0.3 is 0 Å². The first kappa shape index (κ1) is 26.9. The molecule has 0 aliphatic heterocycles. The van der Waals surface area contributed by atoms with E-state index in [-0.39, 0.29) is 16.6 Å². The molecule has 1 aliphatic carbocycles. The summed E-state index contributed by atoms with van der Waals surface area (Å²) < 4.78 is 0. The third kappa shape index (κ3) is 7.48. The van der Waals surface area contributed by atoms with E-state index in [1.54, 1.807) is 0 Å². The van der Waals surface area contributed by atoms with Crippen LogP contribution in [0.2, 0.25) is 0 Å². The van der Waals surface area contributed by atoms with Gasteiger partial charge in [0.15, 0.2) is 0 Å². The van der Waals surface area contributed by atoms with Gasteiger partial charge in [0, 0.05) is 11.8 Å². The zero-order valence-electron chi connectivity index (χ0n) is 21.0. The van der Waals surface area contributed by atoms with E-state index in [2.05, 4.69) is 62.3 Å². The van der Waals surface area contributed by atoms with Crippen LogP contribution in [0.15, 0.2) is 0 Å². The molecular formula is C25H50O4. The summed E-state index contributed by atoms with van der Waals surface area (Å²) in [5.41, 5.74) is -0.808. The molecular weight excluding hydrogens is 364 g/mol. The predicted octanol–water partition coefficient (Wildman–Crippen LogP) is 8.14. The normalized spacial score (nSPS) is 28.7. The minimum atomic E-state index is -0.893. The highest BCUT2D eigenvalue weighted by atomic mass is 17.3. The van der Waals surface area contributed by atoms with Crippen LogP contribution in [0.25, 0.3) is 0 Å². The molecule has 174 valence electrons. The summed E-state index contributed by atoms with van der Waals surface area (Å²) >= 11 is 0. The van der Waals surface area contributed by atoms with Gasteiger partial charge in [-0.05, 0) is 58.3 Å². The van der Waals surface area contributed by atoms with E-state index in [9.17, 15) is 0 Å². The summed E-state index contributed by atoms with van der Waals surface area (Å²) in [6.45, 7) is 19.7. The Morgan fingerprint density at radius 1 is 0.828 bits per heavy atom. The number of rotatable bonds is 14. The molecule has 0 aromatic carbocycles. The SMILES string of the molecule is CCCCC(C)(CC)OOC1(OOC(C)(CC)CCCC)CC(C)CCC1(C)C. The molecule has 1 saturated carbocycles. The Labute approximate surface area is 181 Å². The summed E-state index contributed by atoms with van der Waals surface area (Å²) in [5, 5.41) is 0. The molecule has 4 nitrogen and oxygen atoms in total. The van der Waals surface area contributed by atoms with Crippen LogP contribution < -0.4 is 0 Å². The quantitative estimate of drug-likeness (QED) is 0.163. The van der Waals surface area contributed by atoms with E-state index >= 15 is 0 Å². The Balaban J connectivity index is 3.03. The van der Waals surface area contributed by atoms with E-state index in [0.717, 1.165) is 64.2 Å². The lowest BCUT2D eigenvalue weighted by molar-refractivity contribution is -0.571. The predicted molar refractivity (Wildman–Crippen MR) is 120 cm³/mol. The third-order valence-electron chi connectivity index (χ3n) is 7.28. The van der Waals surface area contributed by atoms with Crippen LogP contribution >= 0.6 is 0 Å². The lowest BCUT2D eigenvalue weighted by Crippen LogP contribution is -2.55. The van der Waals surface area contributed by atoms with Crippen molar-refractivity contribution in [1.82, 2.24) is 0 Å². The summed E-state index contributed by atoms with van der Waals surface area (Å²) in [6.07, 6.45) is 11.3. The second-order valence-corrected chi connectivity index (χ2v) is 10.6. The second kappa shape index (κ2) is 11.5. The molecule has 0 heterocycles. The first-order chi connectivity index (χ1) is 13.5. The molecule has 0 radical (unpaired) electrons. The summed E-state index contributed by atoms with van der Waals surface area (Å²) in [7, 11) is 0. The molecule has 3 unspecified atom stereocenters. The smallest absolute Gasteiger partial charge is 0.227 e. The summed E-state index contributed by atoms with van der Waals surface area (Å²) in [4.78, 5) is 25.0. The molecule has 0 saturated heterocycles. The molecule has 0 N–H and O–H groups in total. The molecule has 0 aromatic rings. The topological polar surface area (TPSA) is 36.9 Å². The third-order valence-corrected chi connectivity index (χ3v) is 7.28. The molecule has 1 aliphatic rings. The molecule has 0 spiro atoms. The van der Waals surface area contributed by atoms with Gasteiger partial charge in [0.2, 0.25) is 5.79 Å². The standard InChI is InChI=1S/C25H50O4/c1-10-14-17-23(8,12-3)26-28-25(20-21(5)16-19-22(25,6)7)29-27-24(9,13-4)18-15-11-2/h21H,10-20H2,1-9H3. The average Bonchev–Trinajstić information content (AvgIpc) is 2.70. The first-order valence-corrected chi connectivity index (χ1v) is 12.2. The highest BCUT2D eigenvalue weighted by Crippen LogP contribution is 2.50. The van der Waals surface area contributed by atoms with Crippen molar-refractivity contribution in [3.8, 4) is 0 Å². The lowest BCUT2D eigenvalue weighted by atomic mass is 9.69. The average molecular weight is 415 g/mol. The zero-order chi connectivity index (χ0) is 22.2. The van der Waals surface area contributed by atoms with Gasteiger partial charge in [-0.3, -0.25) is 0 Å². The van der Waals surface area contributed by atoms with Crippen molar-refractivity contribution in [1.29, 1.82) is 0 Å². The minimum absolute atomic E-state index is 0.196. The van der Waals surface area contributed by atoms with E-state index in [4.69, 9.17) is 19.6 Å². The maximum atomic E-state index is 6.31. The van der Waals surface area contributed by atoms with Gasteiger partial charge in [-0.25, -0.2) is 9.78 Å². The number of hydrogen-bond acceptors (Lipinski definition) is 4. The van der Waals surface area contributed by atoms with Crippen molar-refractivity contribution >= 4 is 0 Å². The van der Waals surface area contributed by atoms with Crippen molar-refractivity contribution in [2.24, 2.45) is 11.3 Å². The van der Waals surface area contributed by atoms with Crippen LogP contribution in [0, 0.1) is 11.3 Å². The van der Waals surface area contributed by atoms with Gasteiger partial charge in [0.05, 0.1) is 0 Å². The number of hydrogen-bond donors (Lipinski definition) is 0. The Kier molecular flexibility index (Phi) is 10.6. The molecule has 1 rings (SSSR count).